The highest BCUT2D eigenvalue weighted by Gasteiger charge is 2.25. The van der Waals surface area contributed by atoms with Crippen LogP contribution in [0, 0.1) is 0 Å². The summed E-state index contributed by atoms with van der Waals surface area (Å²) in [5.74, 6) is -3.62. The van der Waals surface area contributed by atoms with Crippen LogP contribution in [0.25, 0.3) is 0 Å². The first-order chi connectivity index (χ1) is 11.7. The van der Waals surface area contributed by atoms with E-state index >= 15 is 0 Å². The zero-order valence-electron chi connectivity index (χ0n) is 13.7. The molecule has 0 spiro atoms. The molecule has 142 valence electrons. The minimum atomic E-state index is -1.31. The van der Waals surface area contributed by atoms with Crippen molar-refractivity contribution in [1.82, 2.24) is 10.6 Å². The Labute approximate surface area is 155 Å². The Bertz CT molecular complexity index is 515. The predicted molar refractivity (Wildman–Crippen MR) is 97.5 cm³/mol. The van der Waals surface area contributed by atoms with Gasteiger partial charge in [-0.15, -0.1) is 11.8 Å². The van der Waals surface area contributed by atoms with Gasteiger partial charge in [0.25, 0.3) is 0 Å². The Morgan fingerprint density at radius 2 is 1.76 bits per heavy atom. The average molecular weight is 393 g/mol. The SMILES string of the molecule is C/C=C/SC[C@H](NC(=O)CC[C@H](NC(=O)[C@@H](N)CS)C(=O)O)C(=O)O. The summed E-state index contributed by atoms with van der Waals surface area (Å²) in [4.78, 5) is 45.7. The van der Waals surface area contributed by atoms with Crippen molar-refractivity contribution in [2.75, 3.05) is 11.5 Å². The van der Waals surface area contributed by atoms with Gasteiger partial charge in [-0.25, -0.2) is 9.59 Å². The molecule has 0 rings (SSSR count). The van der Waals surface area contributed by atoms with Crippen LogP contribution in [0.2, 0.25) is 0 Å². The fraction of sp³-hybridized carbons (Fsp3) is 0.571. The standard InChI is InChI=1S/C14H23N3O6S2/c1-2-5-25-7-10(14(22)23)16-11(18)4-3-9(13(20)21)17-12(19)8(15)6-24/h2,5,8-10,24H,3-4,6-7,15H2,1H3,(H,16,18)(H,17,19)(H,20,21)(H,22,23)/b5-2+/t8-,9-,10-/m0/s1. The van der Waals surface area contributed by atoms with E-state index in [0.717, 1.165) is 0 Å². The van der Waals surface area contributed by atoms with Crippen molar-refractivity contribution in [3.8, 4) is 0 Å². The number of carboxylic acid groups (broad SMARTS) is 2. The Morgan fingerprint density at radius 3 is 2.24 bits per heavy atom. The highest BCUT2D eigenvalue weighted by atomic mass is 32.2. The normalized spacial score (nSPS) is 14.5. The number of thioether (sulfide) groups is 1. The van der Waals surface area contributed by atoms with Crippen LogP contribution in [0.3, 0.4) is 0 Å². The fourth-order valence-electron chi connectivity index (χ4n) is 1.58. The Hall–Kier alpha value is -1.72. The highest BCUT2D eigenvalue weighted by molar-refractivity contribution is 8.02. The zero-order valence-corrected chi connectivity index (χ0v) is 15.4. The lowest BCUT2D eigenvalue weighted by Gasteiger charge is -2.18. The van der Waals surface area contributed by atoms with Crippen LogP contribution in [0.5, 0.6) is 0 Å². The summed E-state index contributed by atoms with van der Waals surface area (Å²) in [6, 6.07) is -3.35. The third-order valence-electron chi connectivity index (χ3n) is 2.94. The molecule has 0 aromatic carbocycles. The molecular weight excluding hydrogens is 370 g/mol. The maximum absolute atomic E-state index is 11.8. The summed E-state index contributed by atoms with van der Waals surface area (Å²) in [7, 11) is 0. The van der Waals surface area contributed by atoms with E-state index in [1.807, 2.05) is 0 Å². The van der Waals surface area contributed by atoms with E-state index in [-0.39, 0.29) is 24.3 Å². The lowest BCUT2D eigenvalue weighted by Crippen LogP contribution is -2.49. The molecule has 6 N–H and O–H groups in total. The second-order valence-corrected chi connectivity index (χ2v) is 6.29. The number of nitrogens with two attached hydrogens (primary N) is 1. The van der Waals surface area contributed by atoms with Gasteiger partial charge in [-0.3, -0.25) is 9.59 Å². The molecule has 0 radical (unpaired) electrons. The van der Waals surface area contributed by atoms with E-state index in [0.29, 0.717) is 0 Å². The number of carbonyl (C=O) groups is 4. The third-order valence-corrected chi connectivity index (χ3v) is 4.32. The molecule has 0 aliphatic rings. The first-order valence-electron chi connectivity index (χ1n) is 7.37. The van der Waals surface area contributed by atoms with Gasteiger partial charge in [0.1, 0.15) is 12.1 Å². The number of allylic oxidation sites excluding steroid dienone is 1. The Kier molecular flexibility index (Phi) is 11.7. The minimum absolute atomic E-state index is 0.0445. The summed E-state index contributed by atoms with van der Waals surface area (Å²) in [5, 5.41) is 24.4. The van der Waals surface area contributed by atoms with Gasteiger partial charge in [0.05, 0.1) is 6.04 Å². The van der Waals surface area contributed by atoms with Crippen molar-refractivity contribution < 1.29 is 29.4 Å². The molecule has 0 aliphatic carbocycles. The average Bonchev–Trinajstić information content (AvgIpc) is 2.56. The van der Waals surface area contributed by atoms with Gasteiger partial charge < -0.3 is 26.6 Å². The first kappa shape index (κ1) is 23.3. The Balaban J connectivity index is 4.56. The smallest absolute Gasteiger partial charge is 0.327 e. The molecule has 9 nitrogen and oxygen atoms in total. The van der Waals surface area contributed by atoms with Crippen molar-refractivity contribution in [1.29, 1.82) is 0 Å². The second-order valence-electron chi connectivity index (χ2n) is 4.99. The number of rotatable bonds is 12. The summed E-state index contributed by atoms with van der Waals surface area (Å²) < 4.78 is 0. The Morgan fingerprint density at radius 1 is 1.16 bits per heavy atom. The highest BCUT2D eigenvalue weighted by Crippen LogP contribution is 2.06. The van der Waals surface area contributed by atoms with Crippen molar-refractivity contribution in [3.05, 3.63) is 11.5 Å². The summed E-state index contributed by atoms with van der Waals surface area (Å²) >= 11 is 5.07. The molecule has 11 heteroatoms. The van der Waals surface area contributed by atoms with E-state index < -0.39 is 41.9 Å². The van der Waals surface area contributed by atoms with Crippen LogP contribution in [-0.4, -0.2) is 63.6 Å². The van der Waals surface area contributed by atoms with Crippen LogP contribution in [-0.2, 0) is 19.2 Å². The predicted octanol–water partition coefficient (Wildman–Crippen LogP) is -0.571. The lowest BCUT2D eigenvalue weighted by atomic mass is 10.1. The van der Waals surface area contributed by atoms with Crippen LogP contribution in [0.15, 0.2) is 11.5 Å². The van der Waals surface area contributed by atoms with Gasteiger partial charge in [-0.2, -0.15) is 12.6 Å². The number of thiol groups is 1. The largest absolute Gasteiger partial charge is 0.480 e. The monoisotopic (exact) mass is 393 g/mol. The summed E-state index contributed by atoms with van der Waals surface area (Å²) in [6.07, 6.45) is 1.28. The van der Waals surface area contributed by atoms with E-state index in [9.17, 15) is 19.2 Å². The maximum Gasteiger partial charge on any atom is 0.327 e. The van der Waals surface area contributed by atoms with Crippen molar-refractivity contribution in [3.63, 3.8) is 0 Å². The van der Waals surface area contributed by atoms with Gasteiger partial charge in [-0.05, 0) is 18.8 Å². The number of carboxylic acids is 2. The van der Waals surface area contributed by atoms with Crippen LogP contribution >= 0.6 is 24.4 Å². The van der Waals surface area contributed by atoms with Gasteiger partial charge in [-0.1, -0.05) is 6.08 Å². The minimum Gasteiger partial charge on any atom is -0.480 e. The number of aliphatic carboxylic acids is 2. The van der Waals surface area contributed by atoms with E-state index in [1.54, 1.807) is 18.4 Å². The maximum atomic E-state index is 11.8. The number of hydrogen-bond donors (Lipinski definition) is 6. The molecule has 2 amide bonds. The molecule has 0 bridgehead atoms. The van der Waals surface area contributed by atoms with Crippen LogP contribution < -0.4 is 16.4 Å². The van der Waals surface area contributed by atoms with Crippen LogP contribution in [0.1, 0.15) is 19.8 Å². The van der Waals surface area contributed by atoms with Gasteiger partial charge >= 0.3 is 11.9 Å². The van der Waals surface area contributed by atoms with Crippen molar-refractivity contribution >= 4 is 48.1 Å². The summed E-state index contributed by atoms with van der Waals surface area (Å²) in [6.45, 7) is 1.78. The molecule has 25 heavy (non-hydrogen) atoms. The lowest BCUT2D eigenvalue weighted by molar-refractivity contribution is -0.143. The van der Waals surface area contributed by atoms with Gasteiger partial charge in [0, 0.05) is 17.9 Å². The van der Waals surface area contributed by atoms with Gasteiger partial charge in [0.2, 0.25) is 11.8 Å². The number of amides is 2. The number of carbonyl (C=O) groups excluding carboxylic acids is 2. The molecular formula is C14H23N3O6S2. The number of nitrogens with one attached hydrogen (secondary N) is 2. The zero-order chi connectivity index (χ0) is 19.4. The fourth-order valence-corrected chi connectivity index (χ4v) is 2.47. The molecule has 0 saturated carbocycles. The second kappa shape index (κ2) is 12.6. The molecule has 0 heterocycles. The molecule has 0 aromatic rings. The molecule has 0 aromatic heterocycles. The molecule has 0 fully saturated rings. The molecule has 3 atom stereocenters. The third kappa shape index (κ3) is 9.99. The van der Waals surface area contributed by atoms with E-state index in [1.165, 1.54) is 11.8 Å². The molecule has 0 aliphatic heterocycles. The van der Waals surface area contributed by atoms with Crippen molar-refractivity contribution in [2.24, 2.45) is 5.73 Å². The van der Waals surface area contributed by atoms with Crippen LogP contribution in [0.4, 0.5) is 0 Å². The van der Waals surface area contributed by atoms with Gasteiger partial charge in [0.15, 0.2) is 0 Å². The molecule has 0 unspecified atom stereocenters. The quantitative estimate of drug-likeness (QED) is 0.240. The summed E-state index contributed by atoms with van der Waals surface area (Å²) in [5.41, 5.74) is 5.44. The first-order valence-corrected chi connectivity index (χ1v) is 9.05. The number of hydrogen-bond acceptors (Lipinski definition) is 7. The van der Waals surface area contributed by atoms with E-state index in [2.05, 4.69) is 23.3 Å². The topological polar surface area (TPSA) is 159 Å². The van der Waals surface area contributed by atoms with E-state index in [4.69, 9.17) is 15.9 Å². The van der Waals surface area contributed by atoms with Crippen molar-refractivity contribution in [2.45, 2.75) is 37.9 Å². The molecule has 0 saturated heterocycles.